The van der Waals surface area contributed by atoms with Crippen molar-refractivity contribution >= 4 is 17.2 Å². The first-order valence-corrected chi connectivity index (χ1v) is 8.94. The van der Waals surface area contributed by atoms with Crippen LogP contribution in [0.1, 0.15) is 24.1 Å². The smallest absolute Gasteiger partial charge is 0.228 e. The Labute approximate surface area is 140 Å². The van der Waals surface area contributed by atoms with Crippen molar-refractivity contribution < 1.29 is 9.90 Å². The number of carbonyl (C=O) groups excluding carboxylic acids is 1. The second kappa shape index (κ2) is 7.23. The Bertz CT molecular complexity index is 666. The maximum atomic E-state index is 12.4. The van der Waals surface area contributed by atoms with Crippen LogP contribution in [0, 0.1) is 12.8 Å². The summed E-state index contributed by atoms with van der Waals surface area (Å²) in [6.45, 7) is 3.70. The molecule has 0 aliphatic carbocycles. The number of amides is 1. The van der Waals surface area contributed by atoms with E-state index < -0.39 is 0 Å². The van der Waals surface area contributed by atoms with E-state index in [1.54, 1.807) is 11.3 Å². The van der Waals surface area contributed by atoms with Crippen LogP contribution in [0.3, 0.4) is 0 Å². The van der Waals surface area contributed by atoms with E-state index in [-0.39, 0.29) is 18.4 Å². The highest BCUT2D eigenvalue weighted by Crippen LogP contribution is 2.25. The minimum Gasteiger partial charge on any atom is -0.396 e. The fraction of sp³-hybridized carbons (Fsp3) is 0.444. The molecule has 1 aliphatic heterocycles. The fourth-order valence-electron chi connectivity index (χ4n) is 2.92. The second-order valence-corrected chi connectivity index (χ2v) is 7.08. The zero-order chi connectivity index (χ0) is 16.2. The molecule has 0 bridgehead atoms. The molecule has 0 saturated carbocycles. The molecule has 1 atom stereocenters. The summed E-state index contributed by atoms with van der Waals surface area (Å²) in [6, 6.07) is 8.28. The van der Waals surface area contributed by atoms with Crippen molar-refractivity contribution in [1.29, 1.82) is 0 Å². The second-order valence-electron chi connectivity index (χ2n) is 6.22. The first kappa shape index (κ1) is 16.1. The predicted octanol–water partition coefficient (Wildman–Crippen LogP) is 2.89. The molecule has 1 amide bonds. The zero-order valence-corrected chi connectivity index (χ0v) is 14.2. The highest BCUT2D eigenvalue weighted by Gasteiger charge is 2.23. The van der Waals surface area contributed by atoms with Crippen molar-refractivity contribution in [2.75, 3.05) is 19.7 Å². The van der Waals surface area contributed by atoms with Gasteiger partial charge in [-0.05, 0) is 25.7 Å². The summed E-state index contributed by atoms with van der Waals surface area (Å²) in [4.78, 5) is 18.9. The zero-order valence-electron chi connectivity index (χ0n) is 13.4. The summed E-state index contributed by atoms with van der Waals surface area (Å²) < 4.78 is 0. The van der Waals surface area contributed by atoms with Gasteiger partial charge in [0, 0.05) is 30.6 Å². The lowest BCUT2D eigenvalue weighted by atomic mass is 9.99. The number of aromatic nitrogens is 1. The normalized spacial score (nSPS) is 18.2. The molecular formula is C18H22N2O2S. The average molecular weight is 330 g/mol. The first-order valence-electron chi connectivity index (χ1n) is 8.06. The summed E-state index contributed by atoms with van der Waals surface area (Å²) in [5, 5.41) is 12.2. The lowest BCUT2D eigenvalue weighted by Gasteiger charge is -2.31. The first-order chi connectivity index (χ1) is 11.2. The minimum absolute atomic E-state index is 0.115. The number of carbonyl (C=O) groups is 1. The van der Waals surface area contributed by atoms with E-state index in [0.717, 1.165) is 35.7 Å². The van der Waals surface area contributed by atoms with Gasteiger partial charge in [0.15, 0.2) is 0 Å². The molecule has 1 unspecified atom stereocenters. The molecule has 1 N–H and O–H groups in total. The summed E-state index contributed by atoms with van der Waals surface area (Å²) in [6.07, 6.45) is 2.33. The molecule has 4 nitrogen and oxygen atoms in total. The molecule has 3 rings (SSSR count). The monoisotopic (exact) mass is 330 g/mol. The lowest BCUT2D eigenvalue weighted by Crippen LogP contribution is -2.41. The van der Waals surface area contributed by atoms with Crippen molar-refractivity contribution in [1.82, 2.24) is 9.88 Å². The number of hydrogen-bond donors (Lipinski definition) is 1. The lowest BCUT2D eigenvalue weighted by molar-refractivity contribution is -0.132. The van der Waals surface area contributed by atoms with Gasteiger partial charge in [-0.3, -0.25) is 4.79 Å². The van der Waals surface area contributed by atoms with Crippen molar-refractivity contribution in [2.45, 2.75) is 26.2 Å². The van der Waals surface area contributed by atoms with Crippen LogP contribution in [-0.4, -0.2) is 40.6 Å². The molecule has 2 aromatic rings. The summed E-state index contributed by atoms with van der Waals surface area (Å²) in [5.41, 5.74) is 3.16. The molecule has 122 valence electrons. The molecule has 23 heavy (non-hydrogen) atoms. The summed E-state index contributed by atoms with van der Waals surface area (Å²) in [5.74, 6) is 0.343. The number of aliphatic hydroxyl groups is 1. The number of piperidine rings is 1. The van der Waals surface area contributed by atoms with Gasteiger partial charge in [-0.15, -0.1) is 11.3 Å². The molecule has 1 aromatic carbocycles. The van der Waals surface area contributed by atoms with Gasteiger partial charge in [0.2, 0.25) is 5.91 Å². The maximum Gasteiger partial charge on any atom is 0.228 e. The van der Waals surface area contributed by atoms with Crippen molar-refractivity contribution in [3.05, 3.63) is 40.9 Å². The van der Waals surface area contributed by atoms with Gasteiger partial charge in [-0.1, -0.05) is 29.8 Å². The van der Waals surface area contributed by atoms with Crippen LogP contribution >= 0.6 is 11.3 Å². The molecule has 1 aromatic heterocycles. The number of rotatable bonds is 4. The fourth-order valence-corrected chi connectivity index (χ4v) is 3.75. The third-order valence-electron chi connectivity index (χ3n) is 4.31. The Morgan fingerprint density at radius 3 is 2.91 bits per heavy atom. The van der Waals surface area contributed by atoms with E-state index in [1.165, 1.54) is 5.56 Å². The third kappa shape index (κ3) is 3.98. The molecule has 0 spiro atoms. The Morgan fingerprint density at radius 2 is 2.17 bits per heavy atom. The van der Waals surface area contributed by atoms with Gasteiger partial charge in [-0.25, -0.2) is 4.98 Å². The van der Waals surface area contributed by atoms with Gasteiger partial charge in [0.05, 0.1) is 12.1 Å². The SMILES string of the molecule is Cc1ccc(-c2nc(CC(=O)N3CCCC(CO)C3)cs2)cc1. The van der Waals surface area contributed by atoms with Crippen LogP contribution in [-0.2, 0) is 11.2 Å². The molecule has 0 radical (unpaired) electrons. The molecule has 1 aliphatic rings. The van der Waals surface area contributed by atoms with Crippen molar-refractivity contribution in [2.24, 2.45) is 5.92 Å². The number of thiazole rings is 1. The molecule has 5 heteroatoms. The van der Waals surface area contributed by atoms with Gasteiger partial charge in [0.25, 0.3) is 0 Å². The molecular weight excluding hydrogens is 308 g/mol. The highest BCUT2D eigenvalue weighted by molar-refractivity contribution is 7.13. The number of hydrogen-bond acceptors (Lipinski definition) is 4. The van der Waals surface area contributed by atoms with Crippen molar-refractivity contribution in [3.63, 3.8) is 0 Å². The minimum atomic E-state index is 0.115. The predicted molar refractivity (Wildman–Crippen MR) is 92.4 cm³/mol. The highest BCUT2D eigenvalue weighted by atomic mass is 32.1. The van der Waals surface area contributed by atoms with E-state index >= 15 is 0 Å². The van der Waals surface area contributed by atoms with Gasteiger partial charge < -0.3 is 10.0 Å². The van der Waals surface area contributed by atoms with Crippen LogP contribution in [0.15, 0.2) is 29.6 Å². The van der Waals surface area contributed by atoms with Crippen LogP contribution in [0.4, 0.5) is 0 Å². The topological polar surface area (TPSA) is 53.4 Å². The largest absolute Gasteiger partial charge is 0.396 e. The van der Waals surface area contributed by atoms with Crippen LogP contribution < -0.4 is 0 Å². The van der Waals surface area contributed by atoms with Crippen LogP contribution in [0.25, 0.3) is 10.6 Å². The number of nitrogens with zero attached hydrogens (tertiary/aromatic N) is 2. The van der Waals surface area contributed by atoms with Crippen LogP contribution in [0.2, 0.25) is 0 Å². The Morgan fingerprint density at radius 1 is 1.39 bits per heavy atom. The number of likely N-dealkylation sites (tertiary alicyclic amines) is 1. The molecule has 1 fully saturated rings. The number of aryl methyl sites for hydroxylation is 1. The van der Waals surface area contributed by atoms with E-state index in [0.29, 0.717) is 13.0 Å². The number of aliphatic hydroxyl groups excluding tert-OH is 1. The summed E-state index contributed by atoms with van der Waals surface area (Å²) in [7, 11) is 0. The Kier molecular flexibility index (Phi) is 5.08. The van der Waals surface area contributed by atoms with E-state index in [4.69, 9.17) is 0 Å². The Hall–Kier alpha value is -1.72. The van der Waals surface area contributed by atoms with Crippen LogP contribution in [0.5, 0.6) is 0 Å². The van der Waals surface area contributed by atoms with E-state index in [1.807, 2.05) is 10.3 Å². The van der Waals surface area contributed by atoms with Gasteiger partial charge in [-0.2, -0.15) is 0 Å². The van der Waals surface area contributed by atoms with E-state index in [2.05, 4.69) is 36.2 Å². The van der Waals surface area contributed by atoms with Crippen molar-refractivity contribution in [3.8, 4) is 10.6 Å². The summed E-state index contributed by atoms with van der Waals surface area (Å²) >= 11 is 1.58. The third-order valence-corrected chi connectivity index (χ3v) is 5.25. The quantitative estimate of drug-likeness (QED) is 0.938. The molecule has 1 saturated heterocycles. The maximum absolute atomic E-state index is 12.4. The Balaban J connectivity index is 1.64. The standard InChI is InChI=1S/C18H22N2O2S/c1-13-4-6-15(7-5-13)18-19-16(12-23-18)9-17(22)20-8-2-3-14(10-20)11-21/h4-7,12,14,21H,2-3,8-11H2,1H3. The van der Waals surface area contributed by atoms with Gasteiger partial charge >= 0.3 is 0 Å². The van der Waals surface area contributed by atoms with Gasteiger partial charge in [0.1, 0.15) is 5.01 Å². The number of benzene rings is 1. The van der Waals surface area contributed by atoms with E-state index in [9.17, 15) is 9.90 Å². The average Bonchev–Trinajstić information content (AvgIpc) is 3.04. The molecule has 2 heterocycles.